The zero-order chi connectivity index (χ0) is 32.3. The fourth-order valence-corrected chi connectivity index (χ4v) is 9.83. The third kappa shape index (κ3) is 7.92. The van der Waals surface area contributed by atoms with Gasteiger partial charge >= 0.3 is 12.1 Å². The number of ketones is 1. The van der Waals surface area contributed by atoms with E-state index in [1.807, 2.05) is 25.1 Å². The SMILES string of the molecule is CC(=O)c1cn(CCOCCO[Si](c2ccccc2)(c2ccccc2)C(C)(C)C)c(-c2ccc(C)cc2C(=O)O)n1.O=C=O. The summed E-state index contributed by atoms with van der Waals surface area (Å²) in [6.45, 7) is 11.6. The summed E-state index contributed by atoms with van der Waals surface area (Å²) in [5, 5.41) is 12.1. The van der Waals surface area contributed by atoms with Gasteiger partial charge in [0.05, 0.1) is 25.4 Å². The molecule has 1 aromatic heterocycles. The number of aromatic carboxylic acids is 1. The molecule has 0 aliphatic heterocycles. The van der Waals surface area contributed by atoms with E-state index in [0.717, 1.165) is 5.56 Å². The van der Waals surface area contributed by atoms with E-state index < -0.39 is 14.3 Å². The lowest BCUT2D eigenvalue weighted by Gasteiger charge is -2.43. The van der Waals surface area contributed by atoms with Gasteiger partial charge in [0.1, 0.15) is 11.5 Å². The number of Topliss-reactive ketones (excluding diaryl/α,β-unsaturated/α-hetero) is 1. The van der Waals surface area contributed by atoms with Crippen LogP contribution in [0.5, 0.6) is 0 Å². The number of hydrogen-bond acceptors (Lipinski definition) is 7. The topological polar surface area (TPSA) is 125 Å². The second kappa shape index (κ2) is 15.3. The van der Waals surface area contributed by atoms with Gasteiger partial charge in [-0.2, -0.15) is 9.59 Å². The molecule has 4 aromatic rings. The van der Waals surface area contributed by atoms with Gasteiger partial charge in [0.2, 0.25) is 0 Å². The number of aryl methyl sites for hydroxylation is 1. The molecule has 0 fully saturated rings. The van der Waals surface area contributed by atoms with Crippen LogP contribution in [-0.4, -0.2) is 60.7 Å². The molecule has 0 radical (unpaired) electrons. The maximum atomic E-state index is 12.1. The van der Waals surface area contributed by atoms with Crippen molar-refractivity contribution in [1.82, 2.24) is 9.55 Å². The van der Waals surface area contributed by atoms with E-state index >= 15 is 0 Å². The lowest BCUT2D eigenvalue weighted by molar-refractivity contribution is -0.191. The van der Waals surface area contributed by atoms with Crippen LogP contribution in [0.2, 0.25) is 5.04 Å². The molecule has 1 heterocycles. The molecule has 230 valence electrons. The first kappa shape index (κ1) is 34.0. The van der Waals surface area contributed by atoms with Gasteiger partial charge in [0.15, 0.2) is 5.78 Å². The molecule has 0 aliphatic carbocycles. The van der Waals surface area contributed by atoms with Crippen LogP contribution in [0, 0.1) is 6.92 Å². The zero-order valence-corrected chi connectivity index (χ0v) is 26.7. The lowest BCUT2D eigenvalue weighted by Crippen LogP contribution is -2.66. The first-order valence-electron chi connectivity index (χ1n) is 14.2. The predicted molar refractivity (Wildman–Crippen MR) is 169 cm³/mol. The molecular formula is C34H38N2O7Si. The van der Waals surface area contributed by atoms with Gasteiger partial charge in [-0.05, 0) is 28.4 Å². The number of aromatic nitrogens is 2. The van der Waals surface area contributed by atoms with E-state index in [1.165, 1.54) is 17.3 Å². The van der Waals surface area contributed by atoms with Crippen LogP contribution in [0.25, 0.3) is 11.4 Å². The van der Waals surface area contributed by atoms with E-state index in [-0.39, 0.29) is 28.2 Å². The fraction of sp³-hybridized carbons (Fsp3) is 0.294. The summed E-state index contributed by atoms with van der Waals surface area (Å²) in [5.74, 6) is -0.798. The van der Waals surface area contributed by atoms with Crippen molar-refractivity contribution in [3.8, 4) is 11.4 Å². The number of carboxylic acid groups (broad SMARTS) is 1. The monoisotopic (exact) mass is 614 g/mol. The quantitative estimate of drug-likeness (QED) is 0.138. The van der Waals surface area contributed by atoms with Crippen LogP contribution in [0.1, 0.15) is 54.1 Å². The Morgan fingerprint density at radius 3 is 1.98 bits per heavy atom. The second-order valence-electron chi connectivity index (χ2n) is 11.3. The number of hydrogen-bond donors (Lipinski definition) is 1. The summed E-state index contributed by atoms with van der Waals surface area (Å²) in [6, 6.07) is 26.1. The van der Waals surface area contributed by atoms with Crippen molar-refractivity contribution in [1.29, 1.82) is 0 Å². The van der Waals surface area contributed by atoms with Gasteiger partial charge < -0.3 is 18.8 Å². The van der Waals surface area contributed by atoms with Gasteiger partial charge in [-0.25, -0.2) is 9.78 Å². The summed E-state index contributed by atoms with van der Waals surface area (Å²) in [5.41, 5.74) is 1.73. The molecule has 9 nitrogen and oxygen atoms in total. The molecule has 0 amide bonds. The smallest absolute Gasteiger partial charge is 0.373 e. The van der Waals surface area contributed by atoms with Crippen molar-refractivity contribution in [2.75, 3.05) is 19.8 Å². The molecule has 0 saturated carbocycles. The third-order valence-electron chi connectivity index (χ3n) is 7.22. The number of carbonyl (C=O) groups excluding carboxylic acids is 3. The highest BCUT2D eigenvalue weighted by Crippen LogP contribution is 2.36. The molecule has 4 rings (SSSR count). The van der Waals surface area contributed by atoms with E-state index in [4.69, 9.17) is 18.8 Å². The molecule has 0 saturated heterocycles. The number of benzene rings is 3. The molecule has 3 aromatic carbocycles. The highest BCUT2D eigenvalue weighted by Gasteiger charge is 2.50. The number of ether oxygens (including phenoxy) is 1. The number of nitrogens with zero attached hydrogens (tertiary/aromatic N) is 2. The van der Waals surface area contributed by atoms with Crippen molar-refractivity contribution in [2.45, 2.75) is 46.2 Å². The predicted octanol–water partition coefficient (Wildman–Crippen LogP) is 4.77. The third-order valence-corrected chi connectivity index (χ3v) is 12.3. The standard InChI is InChI=1S/C33H38N2O5Si.CO2/c1-24-16-17-28(29(22-24)32(37)38)31-34-30(25(2)36)23-35(31)18-19-39-20-21-40-41(33(3,4)5,26-12-8-6-9-13-26)27-14-10-7-11-15-27;2-1-3/h6-17,22-23H,18-21H2,1-5H3,(H,37,38);. The summed E-state index contributed by atoms with van der Waals surface area (Å²) in [7, 11) is -2.65. The Balaban J connectivity index is 0.00000169. The molecule has 0 bridgehead atoms. The summed E-state index contributed by atoms with van der Waals surface area (Å²) in [4.78, 5) is 44.8. The molecule has 0 spiro atoms. The first-order valence-corrected chi connectivity index (χ1v) is 16.1. The Hall–Kier alpha value is -4.47. The average molecular weight is 615 g/mol. The molecular weight excluding hydrogens is 576 g/mol. The van der Waals surface area contributed by atoms with Crippen LogP contribution < -0.4 is 10.4 Å². The molecule has 44 heavy (non-hydrogen) atoms. The van der Waals surface area contributed by atoms with Crippen molar-refractivity contribution in [3.05, 3.63) is 102 Å². The second-order valence-corrected chi connectivity index (χ2v) is 15.6. The highest BCUT2D eigenvalue weighted by molar-refractivity contribution is 6.99. The van der Waals surface area contributed by atoms with E-state index in [1.54, 1.807) is 22.9 Å². The lowest BCUT2D eigenvalue weighted by atomic mass is 10.0. The number of carboxylic acids is 1. The Morgan fingerprint density at radius 2 is 1.48 bits per heavy atom. The largest absolute Gasteiger partial charge is 0.478 e. The molecule has 1 N–H and O–H groups in total. The van der Waals surface area contributed by atoms with Crippen LogP contribution >= 0.6 is 0 Å². The Kier molecular flexibility index (Phi) is 11.8. The molecule has 0 unspecified atom stereocenters. The zero-order valence-electron chi connectivity index (χ0n) is 25.7. The van der Waals surface area contributed by atoms with E-state index in [0.29, 0.717) is 37.8 Å². The minimum Gasteiger partial charge on any atom is -0.478 e. The highest BCUT2D eigenvalue weighted by atomic mass is 28.4. The molecule has 10 heteroatoms. The summed E-state index contributed by atoms with van der Waals surface area (Å²) >= 11 is 0. The van der Waals surface area contributed by atoms with Crippen molar-refractivity contribution >= 4 is 36.6 Å². The number of imidazole rings is 1. The maximum Gasteiger partial charge on any atom is 0.373 e. The van der Waals surface area contributed by atoms with Gasteiger partial charge in [-0.3, -0.25) is 4.79 Å². The molecule has 0 aliphatic rings. The average Bonchev–Trinajstić information content (AvgIpc) is 3.42. The minimum absolute atomic E-state index is 0.125. The van der Waals surface area contributed by atoms with Crippen LogP contribution in [0.15, 0.2) is 85.1 Å². The van der Waals surface area contributed by atoms with Crippen LogP contribution in [-0.2, 0) is 25.3 Å². The maximum absolute atomic E-state index is 12.1. The van der Waals surface area contributed by atoms with Gasteiger partial charge in [0, 0.05) is 25.2 Å². The number of carbonyl (C=O) groups is 2. The first-order chi connectivity index (χ1) is 21.0. The van der Waals surface area contributed by atoms with Gasteiger partial charge in [0.25, 0.3) is 8.32 Å². The molecule has 0 atom stereocenters. The summed E-state index contributed by atoms with van der Waals surface area (Å²) in [6.07, 6.45) is 1.91. The van der Waals surface area contributed by atoms with E-state index in [9.17, 15) is 14.7 Å². The Morgan fingerprint density at radius 1 is 0.909 bits per heavy atom. The van der Waals surface area contributed by atoms with Crippen LogP contribution in [0.4, 0.5) is 0 Å². The minimum atomic E-state index is -2.65. The van der Waals surface area contributed by atoms with E-state index in [2.05, 4.69) is 74.3 Å². The Bertz CT molecular complexity index is 1550. The normalized spacial score (nSPS) is 11.3. The van der Waals surface area contributed by atoms with Crippen molar-refractivity contribution in [3.63, 3.8) is 0 Å². The summed E-state index contributed by atoms with van der Waals surface area (Å²) < 4.78 is 14.7. The Labute approximate surface area is 258 Å². The van der Waals surface area contributed by atoms with Crippen molar-refractivity contribution in [2.24, 2.45) is 0 Å². The van der Waals surface area contributed by atoms with Gasteiger partial charge in [-0.1, -0.05) is 99.1 Å². The van der Waals surface area contributed by atoms with Crippen LogP contribution in [0.3, 0.4) is 0 Å². The number of rotatable bonds is 12. The van der Waals surface area contributed by atoms with Crippen molar-refractivity contribution < 1.29 is 33.4 Å². The fourth-order valence-electron chi connectivity index (χ4n) is 5.28. The van der Waals surface area contributed by atoms with Gasteiger partial charge in [-0.15, -0.1) is 0 Å².